The van der Waals surface area contributed by atoms with Crippen LogP contribution in [0, 0.1) is 0 Å². The number of aryl methyl sites for hydroxylation is 2. The fourth-order valence-electron chi connectivity index (χ4n) is 3.72. The average Bonchev–Trinajstić information content (AvgIpc) is 3.21. The summed E-state index contributed by atoms with van der Waals surface area (Å²) < 4.78 is 5.44. The molecule has 1 fully saturated rings. The topological polar surface area (TPSA) is 81.8 Å². The Kier molecular flexibility index (Phi) is 8.07. The molecular formula is C22H35N7O. The van der Waals surface area contributed by atoms with E-state index in [-0.39, 0.29) is 0 Å². The van der Waals surface area contributed by atoms with Crippen LogP contribution in [0.2, 0.25) is 0 Å². The van der Waals surface area contributed by atoms with E-state index in [0.29, 0.717) is 13.1 Å². The van der Waals surface area contributed by atoms with Crippen molar-refractivity contribution in [1.82, 2.24) is 25.7 Å². The molecule has 3 rings (SSSR count). The van der Waals surface area contributed by atoms with Gasteiger partial charge in [-0.25, -0.2) is 4.98 Å². The summed E-state index contributed by atoms with van der Waals surface area (Å²) in [5.74, 6) is 2.75. The van der Waals surface area contributed by atoms with Crippen molar-refractivity contribution >= 4 is 11.8 Å². The van der Waals surface area contributed by atoms with Crippen LogP contribution in [0.5, 0.6) is 0 Å². The van der Waals surface area contributed by atoms with Crippen LogP contribution in [0.4, 0.5) is 5.82 Å². The summed E-state index contributed by atoms with van der Waals surface area (Å²) >= 11 is 0. The van der Waals surface area contributed by atoms with E-state index in [1.165, 1.54) is 0 Å². The normalized spacial score (nSPS) is 15.5. The molecule has 0 aromatic carbocycles. The highest BCUT2D eigenvalue weighted by Crippen LogP contribution is 2.16. The number of hydrogen-bond acceptors (Lipinski definition) is 6. The second kappa shape index (κ2) is 11.0. The second-order valence-corrected chi connectivity index (χ2v) is 7.46. The van der Waals surface area contributed by atoms with Gasteiger partial charge in [0.05, 0.1) is 5.69 Å². The van der Waals surface area contributed by atoms with E-state index in [0.717, 1.165) is 79.9 Å². The first-order valence-electron chi connectivity index (χ1n) is 11.0. The Balaban J connectivity index is 1.50. The maximum absolute atomic E-state index is 5.44. The minimum Gasteiger partial charge on any atom is -0.361 e. The van der Waals surface area contributed by atoms with Crippen LogP contribution in [0.1, 0.15) is 43.4 Å². The zero-order valence-electron chi connectivity index (χ0n) is 18.7. The third kappa shape index (κ3) is 5.50. The molecule has 164 valence electrons. The van der Waals surface area contributed by atoms with Gasteiger partial charge >= 0.3 is 0 Å². The number of aliphatic imine (C=N–C) groups is 1. The molecule has 0 radical (unpaired) electrons. The van der Waals surface area contributed by atoms with Gasteiger partial charge in [-0.05, 0) is 24.6 Å². The molecule has 1 aliphatic heterocycles. The highest BCUT2D eigenvalue weighted by atomic mass is 16.5. The molecule has 2 N–H and O–H groups in total. The van der Waals surface area contributed by atoms with Crippen molar-refractivity contribution < 1.29 is 4.52 Å². The van der Waals surface area contributed by atoms with Crippen LogP contribution in [-0.2, 0) is 25.9 Å². The molecule has 1 aliphatic rings. The number of nitrogens with one attached hydrogen (secondary N) is 2. The summed E-state index contributed by atoms with van der Waals surface area (Å²) in [7, 11) is 1.78. The number of nitrogens with zero attached hydrogens (tertiary/aromatic N) is 5. The summed E-state index contributed by atoms with van der Waals surface area (Å²) in [6, 6.07) is 4.26. The Morgan fingerprint density at radius 1 is 1.07 bits per heavy atom. The van der Waals surface area contributed by atoms with Gasteiger partial charge in [-0.1, -0.05) is 32.0 Å². The minimum absolute atomic E-state index is 0.649. The zero-order valence-corrected chi connectivity index (χ0v) is 18.7. The molecule has 0 aliphatic carbocycles. The molecule has 0 bridgehead atoms. The summed E-state index contributed by atoms with van der Waals surface area (Å²) in [5.41, 5.74) is 3.27. The molecule has 8 heteroatoms. The van der Waals surface area contributed by atoms with Crippen LogP contribution in [0.3, 0.4) is 0 Å². The van der Waals surface area contributed by atoms with Gasteiger partial charge in [-0.15, -0.1) is 0 Å². The van der Waals surface area contributed by atoms with Gasteiger partial charge in [0.25, 0.3) is 0 Å². The Morgan fingerprint density at radius 2 is 1.83 bits per heavy atom. The lowest BCUT2D eigenvalue weighted by Gasteiger charge is -2.34. The standard InChI is InChI=1S/C22H35N7O/c1-5-19-18(20(6-2)30-27-19)16-26-22(23-4)25-15-17-8-9-21(24-14-17)29-12-10-28(7-3)11-13-29/h8-9,14H,5-7,10-13,15-16H2,1-4H3,(H2,23,25,26). The van der Waals surface area contributed by atoms with E-state index in [1.807, 2.05) is 6.20 Å². The van der Waals surface area contributed by atoms with Gasteiger partial charge < -0.3 is 25.0 Å². The summed E-state index contributed by atoms with van der Waals surface area (Å²) in [6.07, 6.45) is 3.64. The Hall–Kier alpha value is -2.61. The maximum Gasteiger partial charge on any atom is 0.191 e. The molecule has 3 heterocycles. The number of anilines is 1. The lowest BCUT2D eigenvalue weighted by molar-refractivity contribution is 0.270. The summed E-state index contributed by atoms with van der Waals surface area (Å²) in [4.78, 5) is 13.8. The van der Waals surface area contributed by atoms with Crippen LogP contribution < -0.4 is 15.5 Å². The van der Waals surface area contributed by atoms with E-state index in [1.54, 1.807) is 7.05 Å². The lowest BCUT2D eigenvalue weighted by Crippen LogP contribution is -2.46. The molecular weight excluding hydrogens is 378 g/mol. The predicted octanol–water partition coefficient (Wildman–Crippen LogP) is 2.20. The molecule has 0 amide bonds. The van der Waals surface area contributed by atoms with Gasteiger partial charge in [0, 0.05) is 64.5 Å². The van der Waals surface area contributed by atoms with Crippen LogP contribution in [0.15, 0.2) is 27.8 Å². The van der Waals surface area contributed by atoms with Crippen LogP contribution in [-0.4, -0.2) is 60.8 Å². The van der Waals surface area contributed by atoms with E-state index in [4.69, 9.17) is 4.52 Å². The van der Waals surface area contributed by atoms with Crippen molar-refractivity contribution in [3.8, 4) is 0 Å². The summed E-state index contributed by atoms with van der Waals surface area (Å²) in [6.45, 7) is 13.1. The van der Waals surface area contributed by atoms with Crippen molar-refractivity contribution in [2.45, 2.75) is 46.7 Å². The highest BCUT2D eigenvalue weighted by molar-refractivity contribution is 5.79. The first kappa shape index (κ1) is 22.1. The van der Waals surface area contributed by atoms with Gasteiger partial charge in [0.1, 0.15) is 11.6 Å². The Labute approximate surface area is 179 Å². The first-order valence-corrected chi connectivity index (χ1v) is 11.0. The molecule has 1 saturated heterocycles. The lowest BCUT2D eigenvalue weighted by atomic mass is 10.1. The minimum atomic E-state index is 0.649. The molecule has 0 spiro atoms. The van der Waals surface area contributed by atoms with Gasteiger partial charge in [0.2, 0.25) is 0 Å². The van der Waals surface area contributed by atoms with Crippen LogP contribution in [0.25, 0.3) is 0 Å². The number of aromatic nitrogens is 2. The second-order valence-electron chi connectivity index (χ2n) is 7.46. The number of guanidine groups is 1. The molecule has 30 heavy (non-hydrogen) atoms. The Bertz CT molecular complexity index is 786. The van der Waals surface area contributed by atoms with E-state index in [2.05, 4.69) is 68.5 Å². The summed E-state index contributed by atoms with van der Waals surface area (Å²) in [5, 5.41) is 10.9. The van der Waals surface area contributed by atoms with E-state index in [9.17, 15) is 0 Å². The fourth-order valence-corrected chi connectivity index (χ4v) is 3.72. The SMILES string of the molecule is CCc1noc(CC)c1CNC(=NC)NCc1ccc(N2CCN(CC)CC2)nc1. The van der Waals surface area contributed by atoms with Crippen LogP contribution >= 0.6 is 0 Å². The molecule has 0 unspecified atom stereocenters. The number of pyridine rings is 1. The molecule has 0 atom stereocenters. The monoisotopic (exact) mass is 413 g/mol. The number of likely N-dealkylation sites (N-methyl/N-ethyl adjacent to an activating group) is 1. The van der Waals surface area contributed by atoms with E-state index < -0.39 is 0 Å². The first-order chi connectivity index (χ1) is 14.7. The number of hydrogen-bond donors (Lipinski definition) is 2. The van der Waals surface area contributed by atoms with Crippen molar-refractivity contribution in [3.05, 3.63) is 40.9 Å². The predicted molar refractivity (Wildman–Crippen MR) is 121 cm³/mol. The largest absolute Gasteiger partial charge is 0.361 e. The van der Waals surface area contributed by atoms with Gasteiger partial charge in [-0.2, -0.15) is 0 Å². The molecule has 2 aromatic heterocycles. The Morgan fingerprint density at radius 3 is 2.43 bits per heavy atom. The smallest absolute Gasteiger partial charge is 0.191 e. The van der Waals surface area contributed by atoms with Crippen molar-refractivity contribution in [2.24, 2.45) is 4.99 Å². The van der Waals surface area contributed by atoms with Crippen molar-refractivity contribution in [2.75, 3.05) is 44.7 Å². The van der Waals surface area contributed by atoms with Gasteiger partial charge in [0.15, 0.2) is 5.96 Å². The molecule has 0 saturated carbocycles. The van der Waals surface area contributed by atoms with Crippen molar-refractivity contribution in [3.63, 3.8) is 0 Å². The third-order valence-electron chi connectivity index (χ3n) is 5.68. The van der Waals surface area contributed by atoms with Crippen molar-refractivity contribution in [1.29, 1.82) is 0 Å². The van der Waals surface area contributed by atoms with E-state index >= 15 is 0 Å². The third-order valence-corrected chi connectivity index (χ3v) is 5.68. The van der Waals surface area contributed by atoms with Gasteiger partial charge in [-0.3, -0.25) is 4.99 Å². The zero-order chi connectivity index (χ0) is 21.3. The average molecular weight is 414 g/mol. The highest BCUT2D eigenvalue weighted by Gasteiger charge is 2.17. The fraction of sp³-hybridized carbons (Fsp3) is 0.591. The quantitative estimate of drug-likeness (QED) is 0.507. The molecule has 8 nitrogen and oxygen atoms in total. The number of rotatable bonds is 8. The maximum atomic E-state index is 5.44. The number of piperazine rings is 1. The molecule has 2 aromatic rings.